The summed E-state index contributed by atoms with van der Waals surface area (Å²) in [7, 11) is 0. The van der Waals surface area contributed by atoms with E-state index in [1.807, 2.05) is 6.08 Å². The molecule has 2 aliphatic carbocycles. The maximum absolute atomic E-state index is 13.8. The van der Waals surface area contributed by atoms with E-state index in [1.165, 1.54) is 77.0 Å². The number of hydrogen-bond acceptors (Lipinski definition) is 1. The minimum absolute atomic E-state index is 0.0390. The topological polar surface area (TPSA) is 9.23 Å². The second-order valence-corrected chi connectivity index (χ2v) is 10.7. The highest BCUT2D eigenvalue weighted by Crippen LogP contribution is 2.38. The number of unbranched alkanes of at least 4 members (excludes halogenated alkanes) is 2. The molecule has 0 aromatic heterocycles. The molecular weight excluding hydrogens is 471 g/mol. The normalized spacial score (nSPS) is 24.9. The van der Waals surface area contributed by atoms with E-state index in [1.54, 1.807) is 6.08 Å². The van der Waals surface area contributed by atoms with E-state index in [2.05, 4.69) is 23.5 Å². The fraction of sp³-hybridized carbons (Fsp3) is 0.667. The van der Waals surface area contributed by atoms with Gasteiger partial charge in [-0.3, -0.25) is 0 Å². The van der Waals surface area contributed by atoms with Crippen LogP contribution in [0.15, 0.2) is 24.3 Å². The predicted molar refractivity (Wildman–Crippen MR) is 133 cm³/mol. The highest BCUT2D eigenvalue weighted by Gasteiger charge is 2.34. The van der Waals surface area contributed by atoms with E-state index in [4.69, 9.17) is 0 Å². The Kier molecular flexibility index (Phi) is 11.1. The number of allylic oxidation sites excluding steroid dienone is 2. The maximum atomic E-state index is 13.8. The summed E-state index contributed by atoms with van der Waals surface area (Å²) < 4.78 is 67.7. The molecule has 1 nitrogen and oxygen atoms in total. The second-order valence-electron chi connectivity index (χ2n) is 10.7. The molecule has 6 heteroatoms. The van der Waals surface area contributed by atoms with Crippen LogP contribution in [0.25, 0.3) is 0 Å². The van der Waals surface area contributed by atoms with Gasteiger partial charge in [-0.05, 0) is 67.6 Å². The molecule has 3 rings (SSSR count). The van der Waals surface area contributed by atoms with Gasteiger partial charge < -0.3 is 4.74 Å². The Bertz CT molecular complexity index is 871. The molecule has 0 saturated heterocycles. The average molecular weight is 511 g/mol. The number of alkyl halides is 3. The van der Waals surface area contributed by atoms with Crippen molar-refractivity contribution in [2.75, 3.05) is 0 Å². The van der Waals surface area contributed by atoms with Crippen molar-refractivity contribution in [1.29, 1.82) is 0 Å². The third-order valence-corrected chi connectivity index (χ3v) is 7.94. The van der Waals surface area contributed by atoms with Gasteiger partial charge in [0.05, 0.1) is 0 Å². The van der Waals surface area contributed by atoms with Gasteiger partial charge in [0.15, 0.2) is 11.6 Å². The van der Waals surface area contributed by atoms with Crippen LogP contribution in [0.5, 0.6) is 5.75 Å². The van der Waals surface area contributed by atoms with Crippen LogP contribution in [0.4, 0.5) is 22.0 Å². The predicted octanol–water partition coefficient (Wildman–Crippen LogP) is 9.74. The van der Waals surface area contributed by atoms with Crippen molar-refractivity contribution in [2.45, 2.75) is 103 Å². The zero-order valence-corrected chi connectivity index (χ0v) is 21.3. The zero-order valence-electron chi connectivity index (χ0n) is 21.3. The summed E-state index contributed by atoms with van der Waals surface area (Å²) >= 11 is 0. The molecule has 1 aromatic carbocycles. The van der Waals surface area contributed by atoms with Crippen LogP contribution in [0.1, 0.15) is 102 Å². The van der Waals surface area contributed by atoms with Gasteiger partial charge in [0.2, 0.25) is 5.75 Å². The lowest BCUT2D eigenvalue weighted by atomic mass is 9.75. The Morgan fingerprint density at radius 1 is 0.833 bits per heavy atom. The van der Waals surface area contributed by atoms with Gasteiger partial charge in [-0.2, -0.15) is 0 Å². The molecule has 0 atom stereocenters. The molecule has 0 spiro atoms. The molecule has 2 aliphatic rings. The van der Waals surface area contributed by atoms with Crippen molar-refractivity contribution in [2.24, 2.45) is 23.7 Å². The van der Waals surface area contributed by atoms with Crippen molar-refractivity contribution >= 4 is 0 Å². The highest BCUT2D eigenvalue weighted by molar-refractivity contribution is 5.42. The summed E-state index contributed by atoms with van der Waals surface area (Å²) in [5.74, 6) is 4.15. The zero-order chi connectivity index (χ0) is 26.0. The van der Waals surface area contributed by atoms with Crippen LogP contribution >= 0.6 is 0 Å². The smallest absolute Gasteiger partial charge is 0.399 e. The van der Waals surface area contributed by atoms with Gasteiger partial charge in [-0.25, -0.2) is 8.78 Å². The van der Waals surface area contributed by atoms with Crippen LogP contribution in [0.3, 0.4) is 0 Å². The second kappa shape index (κ2) is 14.1. The number of halogens is 5. The number of benzene rings is 1. The number of hydrogen-bond donors (Lipinski definition) is 0. The monoisotopic (exact) mass is 510 g/mol. The number of rotatable bonds is 9. The molecule has 0 unspecified atom stereocenters. The van der Waals surface area contributed by atoms with E-state index in [0.29, 0.717) is 5.92 Å². The van der Waals surface area contributed by atoms with Gasteiger partial charge in [0, 0.05) is 5.56 Å². The Balaban J connectivity index is 1.35. The first kappa shape index (κ1) is 28.5. The van der Waals surface area contributed by atoms with Crippen LogP contribution in [-0.4, -0.2) is 6.36 Å². The van der Waals surface area contributed by atoms with Crippen LogP contribution in [0.2, 0.25) is 0 Å². The van der Waals surface area contributed by atoms with Gasteiger partial charge in [0.25, 0.3) is 0 Å². The standard InChI is InChI=1S/C30H39F5O/c1-2-3-4-7-22-10-14-24(15-11-22)18-19-25-16-12-23(13-17-25)8-5-6-9-26-20-27(31)29(28(32)21-26)36-30(33,34)35/h5,8,20-25H,2-4,7,10-19H2,1H3/t22-,23-,24-,25-. The largest absolute Gasteiger partial charge is 0.573 e. The van der Waals surface area contributed by atoms with E-state index in [0.717, 1.165) is 42.7 Å². The number of ether oxygens (including phenoxy) is 1. The SMILES string of the molecule is CCCCC[C@H]1CC[C@H](CC[C@H]2CC[C@H](C=CC#Cc3cc(F)c(OC(F)(F)F)c(F)c3)CC2)CC1. The molecule has 0 bridgehead atoms. The molecule has 0 N–H and O–H groups in total. The fourth-order valence-electron chi connectivity index (χ4n) is 5.79. The van der Waals surface area contributed by atoms with Crippen LogP contribution in [0, 0.1) is 47.1 Å². The Morgan fingerprint density at radius 2 is 1.36 bits per heavy atom. The summed E-state index contributed by atoms with van der Waals surface area (Å²) in [5.41, 5.74) is -0.0390. The minimum Gasteiger partial charge on any atom is -0.399 e. The van der Waals surface area contributed by atoms with Crippen molar-refractivity contribution in [3.05, 3.63) is 41.5 Å². The van der Waals surface area contributed by atoms with Gasteiger partial charge in [-0.1, -0.05) is 89.0 Å². The first-order chi connectivity index (χ1) is 17.2. The van der Waals surface area contributed by atoms with Crippen molar-refractivity contribution < 1.29 is 26.7 Å². The van der Waals surface area contributed by atoms with E-state index >= 15 is 0 Å². The van der Waals surface area contributed by atoms with Crippen molar-refractivity contribution in [1.82, 2.24) is 0 Å². The molecule has 2 fully saturated rings. The minimum atomic E-state index is -5.16. The highest BCUT2D eigenvalue weighted by atomic mass is 19.4. The third-order valence-electron chi connectivity index (χ3n) is 7.94. The van der Waals surface area contributed by atoms with E-state index in [-0.39, 0.29) is 5.56 Å². The lowest BCUT2D eigenvalue weighted by Crippen LogP contribution is -2.19. The van der Waals surface area contributed by atoms with Crippen LogP contribution in [-0.2, 0) is 0 Å². The molecule has 0 heterocycles. The Hall–Kier alpha value is -2.03. The molecular formula is C30H39F5O. The molecule has 2 saturated carbocycles. The molecule has 36 heavy (non-hydrogen) atoms. The molecule has 0 amide bonds. The van der Waals surface area contributed by atoms with Gasteiger partial charge >= 0.3 is 6.36 Å². The average Bonchev–Trinajstić information content (AvgIpc) is 2.84. The van der Waals surface area contributed by atoms with E-state index in [9.17, 15) is 22.0 Å². The summed E-state index contributed by atoms with van der Waals surface area (Å²) in [5, 5.41) is 0. The lowest BCUT2D eigenvalue weighted by molar-refractivity contribution is -0.276. The summed E-state index contributed by atoms with van der Waals surface area (Å²) in [6.07, 6.45) is 17.2. The van der Waals surface area contributed by atoms with Crippen LogP contribution < -0.4 is 4.74 Å². The summed E-state index contributed by atoms with van der Waals surface area (Å²) in [4.78, 5) is 0. The summed E-state index contributed by atoms with van der Waals surface area (Å²) in [6, 6.07) is 1.49. The summed E-state index contributed by atoms with van der Waals surface area (Å²) in [6.45, 7) is 2.27. The molecule has 0 aliphatic heterocycles. The van der Waals surface area contributed by atoms with Crippen molar-refractivity contribution in [3.8, 4) is 17.6 Å². The Morgan fingerprint density at radius 3 is 1.89 bits per heavy atom. The maximum Gasteiger partial charge on any atom is 0.573 e. The molecule has 1 aromatic rings. The van der Waals surface area contributed by atoms with E-state index < -0.39 is 23.7 Å². The Labute approximate surface area is 212 Å². The van der Waals surface area contributed by atoms with Gasteiger partial charge in [0.1, 0.15) is 0 Å². The quantitative estimate of drug-likeness (QED) is 0.182. The first-order valence-corrected chi connectivity index (χ1v) is 13.7. The molecule has 200 valence electrons. The molecule has 0 radical (unpaired) electrons. The lowest BCUT2D eigenvalue weighted by Gasteiger charge is -2.31. The fourth-order valence-corrected chi connectivity index (χ4v) is 5.79. The van der Waals surface area contributed by atoms with Crippen molar-refractivity contribution in [3.63, 3.8) is 0 Å². The van der Waals surface area contributed by atoms with Gasteiger partial charge in [-0.15, -0.1) is 13.2 Å². The first-order valence-electron chi connectivity index (χ1n) is 13.7. The third kappa shape index (κ3) is 9.79.